The van der Waals surface area contributed by atoms with E-state index < -0.39 is 6.04 Å². The Bertz CT molecular complexity index is 282. The summed E-state index contributed by atoms with van der Waals surface area (Å²) in [5.41, 5.74) is 5.58. The zero-order valence-corrected chi connectivity index (χ0v) is 9.56. The minimum Gasteiger partial charge on any atom is -0.508 e. The third-order valence-electron chi connectivity index (χ3n) is 1.81. The fraction of sp³-hybridized carbons (Fsp3) is 0.417. The Hall–Kier alpha value is -1.55. The van der Waals surface area contributed by atoms with Crippen molar-refractivity contribution in [2.45, 2.75) is 25.8 Å². The van der Waals surface area contributed by atoms with Gasteiger partial charge in [-0.05, 0) is 31.9 Å². The third kappa shape index (κ3) is 6.84. The van der Waals surface area contributed by atoms with Crippen LogP contribution in [0.25, 0.3) is 0 Å². The van der Waals surface area contributed by atoms with Crippen LogP contribution in [0.1, 0.15) is 19.8 Å². The molecule has 0 saturated heterocycles. The Morgan fingerprint density at radius 1 is 1.62 bits per heavy atom. The number of ether oxygens (including phenoxy) is 1. The van der Waals surface area contributed by atoms with Crippen molar-refractivity contribution in [1.29, 1.82) is 0 Å². The van der Waals surface area contributed by atoms with E-state index in [0.29, 0.717) is 19.4 Å². The fourth-order valence-corrected chi connectivity index (χ4v) is 1.02. The topological polar surface area (TPSA) is 72.5 Å². The summed E-state index contributed by atoms with van der Waals surface area (Å²) in [6, 6.07) is -0.602. The summed E-state index contributed by atoms with van der Waals surface area (Å²) in [6.07, 6.45) is 7.35. The molecule has 0 amide bonds. The number of aliphatic hydroxyl groups is 1. The van der Waals surface area contributed by atoms with Crippen LogP contribution in [0.2, 0.25) is 0 Å². The first-order chi connectivity index (χ1) is 7.61. The van der Waals surface area contributed by atoms with Crippen LogP contribution in [0.4, 0.5) is 0 Å². The highest BCUT2D eigenvalue weighted by atomic mass is 16.5. The number of rotatable bonds is 7. The molecule has 0 saturated carbocycles. The monoisotopic (exact) mass is 225 g/mol. The normalized spacial score (nSPS) is 13.8. The van der Waals surface area contributed by atoms with Crippen LogP contribution in [0.3, 0.4) is 0 Å². The van der Waals surface area contributed by atoms with Gasteiger partial charge in [-0.1, -0.05) is 18.7 Å². The van der Waals surface area contributed by atoms with Crippen molar-refractivity contribution in [3.05, 3.63) is 36.6 Å². The molecule has 0 aliphatic heterocycles. The van der Waals surface area contributed by atoms with E-state index in [2.05, 4.69) is 6.58 Å². The van der Waals surface area contributed by atoms with E-state index in [4.69, 9.17) is 10.5 Å². The molecule has 1 atom stereocenters. The highest BCUT2D eigenvalue weighted by Crippen LogP contribution is 2.00. The van der Waals surface area contributed by atoms with Gasteiger partial charge in [-0.2, -0.15) is 0 Å². The highest BCUT2D eigenvalue weighted by molar-refractivity contribution is 5.75. The number of hydrogen-bond donors (Lipinski definition) is 2. The summed E-state index contributed by atoms with van der Waals surface area (Å²) in [5.74, 6) is -0.263. The Labute approximate surface area is 96.1 Å². The van der Waals surface area contributed by atoms with E-state index in [1.165, 1.54) is 12.2 Å². The Morgan fingerprint density at radius 2 is 2.31 bits per heavy atom. The molecule has 0 aromatic carbocycles. The van der Waals surface area contributed by atoms with Crippen molar-refractivity contribution in [2.24, 2.45) is 5.73 Å². The van der Waals surface area contributed by atoms with Crippen LogP contribution >= 0.6 is 0 Å². The maximum atomic E-state index is 11.1. The minimum absolute atomic E-state index is 0.125. The van der Waals surface area contributed by atoms with E-state index in [1.807, 2.05) is 0 Å². The van der Waals surface area contributed by atoms with Gasteiger partial charge in [-0.25, -0.2) is 0 Å². The number of carbonyl (C=O) groups excluding carboxylic acids is 1. The summed E-state index contributed by atoms with van der Waals surface area (Å²) < 4.78 is 4.76. The molecule has 0 fully saturated rings. The van der Waals surface area contributed by atoms with Crippen molar-refractivity contribution in [3.8, 4) is 0 Å². The maximum absolute atomic E-state index is 11.1. The summed E-state index contributed by atoms with van der Waals surface area (Å²) in [4.78, 5) is 11.1. The van der Waals surface area contributed by atoms with Crippen LogP contribution in [-0.4, -0.2) is 23.7 Å². The standard InChI is InChI=1S/C12H19NO3/c1-3-7-10(14)8-5-6-9-11(13)12(15)16-4-2/h3,5,7-8,11,14H,1,4,6,9,13H2,2H3/b8-5-,10-7+. The molecule has 3 N–H and O–H groups in total. The zero-order chi connectivity index (χ0) is 12.4. The second kappa shape index (κ2) is 8.73. The summed E-state index contributed by atoms with van der Waals surface area (Å²) >= 11 is 0. The third-order valence-corrected chi connectivity index (χ3v) is 1.81. The predicted octanol–water partition coefficient (Wildman–Crippen LogP) is 1.84. The van der Waals surface area contributed by atoms with E-state index in [0.717, 1.165) is 0 Å². The van der Waals surface area contributed by atoms with Crippen molar-refractivity contribution in [1.82, 2.24) is 0 Å². The van der Waals surface area contributed by atoms with Crippen molar-refractivity contribution < 1.29 is 14.6 Å². The van der Waals surface area contributed by atoms with E-state index in [-0.39, 0.29) is 11.7 Å². The SMILES string of the molecule is C=C/C=C(O)\C=C/CCC(N)C(=O)OCC. The maximum Gasteiger partial charge on any atom is 0.322 e. The molecule has 0 aromatic rings. The molecule has 1 unspecified atom stereocenters. The largest absolute Gasteiger partial charge is 0.508 e. The summed E-state index contributed by atoms with van der Waals surface area (Å²) in [7, 11) is 0. The Balaban J connectivity index is 3.85. The van der Waals surface area contributed by atoms with Gasteiger partial charge >= 0.3 is 5.97 Å². The average molecular weight is 225 g/mol. The van der Waals surface area contributed by atoms with Gasteiger partial charge in [0.05, 0.1) is 6.61 Å². The molecule has 0 radical (unpaired) electrons. The number of hydrogen-bond acceptors (Lipinski definition) is 4. The molecule has 0 rings (SSSR count). The first-order valence-electron chi connectivity index (χ1n) is 5.22. The van der Waals surface area contributed by atoms with E-state index >= 15 is 0 Å². The van der Waals surface area contributed by atoms with Gasteiger partial charge in [-0.3, -0.25) is 4.79 Å². The first kappa shape index (κ1) is 14.5. The molecule has 16 heavy (non-hydrogen) atoms. The summed E-state index contributed by atoms with van der Waals surface area (Å²) in [5, 5.41) is 9.19. The van der Waals surface area contributed by atoms with Crippen LogP contribution in [0.5, 0.6) is 0 Å². The molecule has 0 spiro atoms. The van der Waals surface area contributed by atoms with E-state index in [9.17, 15) is 9.90 Å². The molecule has 0 aromatic heterocycles. The number of allylic oxidation sites excluding steroid dienone is 4. The predicted molar refractivity (Wildman–Crippen MR) is 63.9 cm³/mol. The van der Waals surface area contributed by atoms with Crippen LogP contribution in [0, 0.1) is 0 Å². The Morgan fingerprint density at radius 3 is 2.88 bits per heavy atom. The van der Waals surface area contributed by atoms with Crippen molar-refractivity contribution >= 4 is 5.97 Å². The first-order valence-corrected chi connectivity index (χ1v) is 5.22. The molecule has 90 valence electrons. The second-order valence-electron chi connectivity index (χ2n) is 3.17. The fourth-order valence-electron chi connectivity index (χ4n) is 1.02. The molecular formula is C12H19NO3. The van der Waals surface area contributed by atoms with Gasteiger partial charge in [-0.15, -0.1) is 0 Å². The van der Waals surface area contributed by atoms with Crippen molar-refractivity contribution in [3.63, 3.8) is 0 Å². The zero-order valence-electron chi connectivity index (χ0n) is 9.56. The lowest BCUT2D eigenvalue weighted by atomic mass is 10.1. The number of esters is 1. The molecule has 0 aliphatic rings. The van der Waals surface area contributed by atoms with Gasteiger partial charge in [0.15, 0.2) is 0 Å². The number of nitrogens with two attached hydrogens (primary N) is 1. The molecule has 4 heteroatoms. The smallest absolute Gasteiger partial charge is 0.322 e. The second-order valence-corrected chi connectivity index (χ2v) is 3.17. The molecule has 4 nitrogen and oxygen atoms in total. The molecule has 0 heterocycles. The van der Waals surface area contributed by atoms with Crippen LogP contribution in [-0.2, 0) is 9.53 Å². The average Bonchev–Trinajstić information content (AvgIpc) is 2.24. The van der Waals surface area contributed by atoms with Crippen LogP contribution in [0.15, 0.2) is 36.6 Å². The van der Waals surface area contributed by atoms with Gasteiger partial charge < -0.3 is 15.6 Å². The van der Waals surface area contributed by atoms with Gasteiger partial charge in [0.1, 0.15) is 11.8 Å². The summed E-state index contributed by atoms with van der Waals surface area (Å²) in [6.45, 7) is 5.53. The minimum atomic E-state index is -0.602. The lowest BCUT2D eigenvalue weighted by Crippen LogP contribution is -2.31. The molecular weight excluding hydrogens is 206 g/mol. The van der Waals surface area contributed by atoms with E-state index in [1.54, 1.807) is 19.1 Å². The Kier molecular flexibility index (Phi) is 7.89. The van der Waals surface area contributed by atoms with Crippen molar-refractivity contribution in [2.75, 3.05) is 6.61 Å². The van der Waals surface area contributed by atoms with Gasteiger partial charge in [0.25, 0.3) is 0 Å². The quantitative estimate of drug-likeness (QED) is 0.394. The lowest BCUT2D eigenvalue weighted by Gasteiger charge is -2.08. The highest BCUT2D eigenvalue weighted by Gasteiger charge is 2.12. The molecule has 0 aliphatic carbocycles. The van der Waals surface area contributed by atoms with Crippen LogP contribution < -0.4 is 5.73 Å². The van der Waals surface area contributed by atoms with Gasteiger partial charge in [0, 0.05) is 0 Å². The lowest BCUT2D eigenvalue weighted by molar-refractivity contribution is -0.144. The number of carbonyl (C=O) groups is 1. The molecule has 0 bridgehead atoms. The number of aliphatic hydroxyl groups excluding tert-OH is 1. The van der Waals surface area contributed by atoms with Gasteiger partial charge in [0.2, 0.25) is 0 Å².